The first kappa shape index (κ1) is 13.0. The molecule has 0 amide bonds. The van der Waals surface area contributed by atoms with Gasteiger partial charge in [-0.1, -0.05) is 12.1 Å². The Morgan fingerprint density at radius 2 is 1.11 bits per heavy atom. The van der Waals surface area contributed by atoms with Gasteiger partial charge in [0.2, 0.25) is 0 Å². The molecule has 0 radical (unpaired) electrons. The Morgan fingerprint density at radius 1 is 0.778 bits per heavy atom. The van der Waals surface area contributed by atoms with Crippen LogP contribution >= 0.6 is 31.9 Å². The summed E-state index contributed by atoms with van der Waals surface area (Å²) in [6, 6.07) is 6.23. The molecule has 2 aromatic carbocycles. The minimum atomic E-state index is -1.11. The third kappa shape index (κ3) is 2.02. The summed E-state index contributed by atoms with van der Waals surface area (Å²) in [5.41, 5.74) is 0.116. The number of carboxylic acid groups (broad SMARTS) is 2. The van der Waals surface area contributed by atoms with Crippen molar-refractivity contribution in [3.63, 3.8) is 0 Å². The fourth-order valence-electron chi connectivity index (χ4n) is 1.79. The van der Waals surface area contributed by atoms with Gasteiger partial charge in [-0.3, -0.25) is 0 Å². The number of halogens is 2. The first-order valence-corrected chi connectivity index (χ1v) is 6.39. The van der Waals surface area contributed by atoms with Crippen molar-refractivity contribution in [2.45, 2.75) is 0 Å². The van der Waals surface area contributed by atoms with Gasteiger partial charge in [-0.05, 0) is 54.8 Å². The molecule has 0 atom stereocenters. The van der Waals surface area contributed by atoms with Crippen molar-refractivity contribution < 1.29 is 19.8 Å². The number of carbonyl (C=O) groups is 2. The molecular weight excluding hydrogens is 368 g/mol. The maximum Gasteiger partial charge on any atom is 0.337 e. The van der Waals surface area contributed by atoms with E-state index in [0.29, 0.717) is 19.7 Å². The van der Waals surface area contributed by atoms with Gasteiger partial charge in [0.15, 0.2) is 0 Å². The largest absolute Gasteiger partial charge is 0.478 e. The highest BCUT2D eigenvalue weighted by Gasteiger charge is 2.19. The smallest absolute Gasteiger partial charge is 0.337 e. The molecule has 0 aliphatic rings. The number of carboxylic acids is 2. The Balaban J connectivity index is 2.98. The SMILES string of the molecule is O=C(O)c1c(Br)ccc2c(C(=O)O)c(Br)ccc12. The van der Waals surface area contributed by atoms with E-state index in [1.807, 2.05) is 0 Å². The van der Waals surface area contributed by atoms with Crippen LogP contribution in [0.1, 0.15) is 20.7 Å². The first-order chi connectivity index (χ1) is 8.43. The van der Waals surface area contributed by atoms with Crippen molar-refractivity contribution in [2.24, 2.45) is 0 Å². The standard InChI is InChI=1S/C12H6Br2O4/c13-7-3-1-5-6(10(7)12(17)18)2-4-8(14)9(5)11(15)16/h1-4H,(H,15,16)(H,17,18). The average Bonchev–Trinajstić information content (AvgIpc) is 2.27. The van der Waals surface area contributed by atoms with Gasteiger partial charge in [-0.2, -0.15) is 0 Å². The Bertz CT molecular complexity index is 620. The molecule has 92 valence electrons. The second-order valence-corrected chi connectivity index (χ2v) is 5.26. The van der Waals surface area contributed by atoms with E-state index in [1.54, 1.807) is 12.1 Å². The minimum Gasteiger partial charge on any atom is -0.478 e. The molecule has 18 heavy (non-hydrogen) atoms. The van der Waals surface area contributed by atoms with Gasteiger partial charge in [0.1, 0.15) is 0 Å². The third-order valence-corrected chi connectivity index (χ3v) is 3.85. The average molecular weight is 374 g/mol. The maximum atomic E-state index is 11.2. The van der Waals surface area contributed by atoms with E-state index in [4.69, 9.17) is 0 Å². The Kier molecular flexibility index (Phi) is 3.41. The molecule has 0 spiro atoms. The van der Waals surface area contributed by atoms with Gasteiger partial charge in [0.25, 0.3) is 0 Å². The van der Waals surface area contributed by atoms with Gasteiger partial charge in [0, 0.05) is 8.95 Å². The van der Waals surface area contributed by atoms with Crippen LogP contribution in [-0.2, 0) is 0 Å². The van der Waals surface area contributed by atoms with Crippen LogP contribution in [0.25, 0.3) is 10.8 Å². The van der Waals surface area contributed by atoms with Gasteiger partial charge in [-0.25, -0.2) is 9.59 Å². The van der Waals surface area contributed by atoms with Crippen molar-refractivity contribution in [1.29, 1.82) is 0 Å². The molecular formula is C12H6Br2O4. The molecule has 6 heteroatoms. The zero-order chi connectivity index (χ0) is 13.4. The number of fused-ring (bicyclic) bond motifs is 1. The maximum absolute atomic E-state index is 11.2. The zero-order valence-electron chi connectivity index (χ0n) is 8.78. The molecule has 0 saturated carbocycles. The lowest BCUT2D eigenvalue weighted by atomic mass is 10.00. The summed E-state index contributed by atoms with van der Waals surface area (Å²) in [7, 11) is 0. The van der Waals surface area contributed by atoms with Crippen LogP contribution in [0.2, 0.25) is 0 Å². The molecule has 0 bridgehead atoms. The Labute approximate surface area is 118 Å². The lowest BCUT2D eigenvalue weighted by molar-refractivity contribution is 0.0685. The number of rotatable bonds is 2. The molecule has 0 unspecified atom stereocenters. The van der Waals surface area contributed by atoms with E-state index in [-0.39, 0.29) is 11.1 Å². The van der Waals surface area contributed by atoms with Gasteiger partial charge in [0.05, 0.1) is 11.1 Å². The predicted octanol–water partition coefficient (Wildman–Crippen LogP) is 3.76. The van der Waals surface area contributed by atoms with Crippen LogP contribution in [-0.4, -0.2) is 22.2 Å². The van der Waals surface area contributed by atoms with Crippen molar-refractivity contribution in [1.82, 2.24) is 0 Å². The molecule has 0 aliphatic carbocycles. The lowest BCUT2D eigenvalue weighted by Gasteiger charge is -2.09. The van der Waals surface area contributed by atoms with E-state index in [1.165, 1.54) is 12.1 Å². The highest BCUT2D eigenvalue weighted by Crippen LogP contribution is 2.32. The number of hydrogen-bond acceptors (Lipinski definition) is 2. The molecule has 0 aliphatic heterocycles. The number of hydrogen-bond donors (Lipinski definition) is 2. The quantitative estimate of drug-likeness (QED) is 0.840. The van der Waals surface area contributed by atoms with Crippen LogP contribution in [0.15, 0.2) is 33.2 Å². The molecule has 2 N–H and O–H groups in total. The Hall–Kier alpha value is -1.40. The van der Waals surface area contributed by atoms with Crippen LogP contribution in [0.4, 0.5) is 0 Å². The van der Waals surface area contributed by atoms with E-state index in [0.717, 1.165) is 0 Å². The van der Waals surface area contributed by atoms with Crippen molar-refractivity contribution >= 4 is 54.6 Å². The molecule has 0 aromatic heterocycles. The summed E-state index contributed by atoms with van der Waals surface area (Å²) in [4.78, 5) is 22.4. The summed E-state index contributed by atoms with van der Waals surface area (Å²) in [6.45, 7) is 0. The Morgan fingerprint density at radius 3 is 1.39 bits per heavy atom. The van der Waals surface area contributed by atoms with Crippen molar-refractivity contribution in [2.75, 3.05) is 0 Å². The molecule has 2 rings (SSSR count). The summed E-state index contributed by atoms with van der Waals surface area (Å²) in [5.74, 6) is -2.21. The predicted molar refractivity (Wildman–Crippen MR) is 73.3 cm³/mol. The minimum absolute atomic E-state index is 0.0579. The van der Waals surface area contributed by atoms with Gasteiger partial charge in [-0.15, -0.1) is 0 Å². The van der Waals surface area contributed by atoms with Crippen LogP contribution in [0, 0.1) is 0 Å². The molecule has 0 saturated heterocycles. The second kappa shape index (κ2) is 4.70. The van der Waals surface area contributed by atoms with Gasteiger partial charge < -0.3 is 10.2 Å². The van der Waals surface area contributed by atoms with Crippen LogP contribution < -0.4 is 0 Å². The highest BCUT2D eigenvalue weighted by molar-refractivity contribution is 9.10. The van der Waals surface area contributed by atoms with E-state index >= 15 is 0 Å². The van der Waals surface area contributed by atoms with E-state index < -0.39 is 11.9 Å². The zero-order valence-corrected chi connectivity index (χ0v) is 11.9. The molecule has 0 heterocycles. The number of benzene rings is 2. The fourth-order valence-corrected chi connectivity index (χ4v) is 2.82. The monoisotopic (exact) mass is 372 g/mol. The van der Waals surface area contributed by atoms with Gasteiger partial charge >= 0.3 is 11.9 Å². The number of aromatic carboxylic acids is 2. The van der Waals surface area contributed by atoms with Crippen LogP contribution in [0.5, 0.6) is 0 Å². The fraction of sp³-hybridized carbons (Fsp3) is 0. The topological polar surface area (TPSA) is 74.6 Å². The van der Waals surface area contributed by atoms with Crippen molar-refractivity contribution in [3.05, 3.63) is 44.3 Å². The first-order valence-electron chi connectivity index (χ1n) is 4.80. The second-order valence-electron chi connectivity index (χ2n) is 3.55. The van der Waals surface area contributed by atoms with E-state index in [9.17, 15) is 19.8 Å². The molecule has 4 nitrogen and oxygen atoms in total. The van der Waals surface area contributed by atoms with E-state index in [2.05, 4.69) is 31.9 Å². The normalized spacial score (nSPS) is 10.6. The summed E-state index contributed by atoms with van der Waals surface area (Å²) in [6.07, 6.45) is 0. The lowest BCUT2D eigenvalue weighted by Crippen LogP contribution is -2.03. The third-order valence-electron chi connectivity index (χ3n) is 2.53. The van der Waals surface area contributed by atoms with Crippen molar-refractivity contribution in [3.8, 4) is 0 Å². The summed E-state index contributed by atoms with van der Waals surface area (Å²) < 4.78 is 0.835. The summed E-state index contributed by atoms with van der Waals surface area (Å²) in [5, 5.41) is 19.1. The highest BCUT2D eigenvalue weighted by atomic mass is 79.9. The molecule has 0 fully saturated rings. The molecule has 2 aromatic rings. The summed E-state index contributed by atoms with van der Waals surface area (Å²) >= 11 is 6.32. The van der Waals surface area contributed by atoms with Crippen LogP contribution in [0.3, 0.4) is 0 Å².